The normalized spacial score (nSPS) is 10.8. The predicted molar refractivity (Wildman–Crippen MR) is 66.4 cm³/mol. The van der Waals surface area contributed by atoms with Crippen molar-refractivity contribution in [1.82, 2.24) is 15.5 Å². The summed E-state index contributed by atoms with van der Waals surface area (Å²) in [7, 11) is 0. The maximum absolute atomic E-state index is 11.9. The second-order valence-corrected chi connectivity index (χ2v) is 4.07. The minimum Gasteiger partial charge on any atom is -0.451 e. The number of aryl methyl sites for hydroxylation is 1. The minimum atomic E-state index is -0.313. The molecule has 1 amide bonds. The Kier molecular flexibility index (Phi) is 2.75. The van der Waals surface area contributed by atoms with Gasteiger partial charge in [-0.2, -0.15) is 4.98 Å². The molecule has 0 spiro atoms. The number of hydrogen-bond donors (Lipinski definition) is 1. The fraction of sp³-hybridized carbons (Fsp3) is 0.154. The number of fused-ring (bicyclic) bond motifs is 1. The number of aromatic nitrogens is 2. The summed E-state index contributed by atoms with van der Waals surface area (Å²) < 4.78 is 10.3. The molecule has 0 bridgehead atoms. The van der Waals surface area contributed by atoms with Crippen LogP contribution in [-0.2, 0) is 6.54 Å². The number of hydrogen-bond acceptors (Lipinski definition) is 5. The second-order valence-electron chi connectivity index (χ2n) is 4.07. The van der Waals surface area contributed by atoms with Crippen LogP contribution in [0.5, 0.6) is 0 Å². The summed E-state index contributed by atoms with van der Waals surface area (Å²) in [5.41, 5.74) is 0.682. The fourth-order valence-corrected chi connectivity index (χ4v) is 1.75. The number of para-hydroxylation sites is 1. The van der Waals surface area contributed by atoms with Crippen molar-refractivity contribution < 1.29 is 13.7 Å². The molecule has 6 heteroatoms. The Morgan fingerprint density at radius 3 is 2.95 bits per heavy atom. The Morgan fingerprint density at radius 1 is 1.37 bits per heavy atom. The highest BCUT2D eigenvalue weighted by molar-refractivity contribution is 5.95. The zero-order valence-corrected chi connectivity index (χ0v) is 10.2. The maximum Gasteiger partial charge on any atom is 0.287 e. The first kappa shape index (κ1) is 11.5. The molecule has 0 saturated heterocycles. The van der Waals surface area contributed by atoms with Crippen LogP contribution in [0.2, 0.25) is 0 Å². The molecular weight excluding hydrogens is 246 g/mol. The molecule has 2 aromatic heterocycles. The minimum absolute atomic E-state index is 0.177. The first-order valence-corrected chi connectivity index (χ1v) is 5.78. The fourth-order valence-electron chi connectivity index (χ4n) is 1.75. The lowest BCUT2D eigenvalue weighted by molar-refractivity contribution is 0.0920. The van der Waals surface area contributed by atoms with E-state index in [1.807, 2.05) is 24.3 Å². The van der Waals surface area contributed by atoms with Gasteiger partial charge in [-0.05, 0) is 19.1 Å². The van der Waals surface area contributed by atoms with E-state index in [4.69, 9.17) is 8.94 Å². The van der Waals surface area contributed by atoms with Gasteiger partial charge >= 0.3 is 0 Å². The van der Waals surface area contributed by atoms with Crippen LogP contribution in [0.15, 0.2) is 39.3 Å². The van der Waals surface area contributed by atoms with E-state index in [-0.39, 0.29) is 18.2 Å². The molecule has 3 rings (SSSR count). The topological polar surface area (TPSA) is 81.2 Å². The van der Waals surface area contributed by atoms with Crippen molar-refractivity contribution in [2.24, 2.45) is 0 Å². The first-order valence-electron chi connectivity index (χ1n) is 5.78. The molecule has 2 heterocycles. The van der Waals surface area contributed by atoms with E-state index >= 15 is 0 Å². The summed E-state index contributed by atoms with van der Waals surface area (Å²) in [6, 6.07) is 9.14. The SMILES string of the molecule is Cc1noc(CNC(=O)c2cc3ccccc3o2)n1. The monoisotopic (exact) mass is 257 g/mol. The van der Waals surface area contributed by atoms with Crippen LogP contribution in [0.1, 0.15) is 22.3 Å². The van der Waals surface area contributed by atoms with Crippen molar-refractivity contribution in [3.8, 4) is 0 Å². The van der Waals surface area contributed by atoms with E-state index in [2.05, 4.69) is 15.5 Å². The van der Waals surface area contributed by atoms with E-state index in [1.54, 1.807) is 13.0 Å². The third-order valence-electron chi connectivity index (χ3n) is 2.62. The molecule has 0 aliphatic carbocycles. The van der Waals surface area contributed by atoms with Crippen LogP contribution in [0.25, 0.3) is 11.0 Å². The number of nitrogens with zero attached hydrogens (tertiary/aromatic N) is 2. The lowest BCUT2D eigenvalue weighted by atomic mass is 10.2. The van der Waals surface area contributed by atoms with Gasteiger partial charge in [0.15, 0.2) is 11.6 Å². The van der Waals surface area contributed by atoms with Crippen LogP contribution >= 0.6 is 0 Å². The van der Waals surface area contributed by atoms with Crippen molar-refractivity contribution in [3.05, 3.63) is 47.8 Å². The third-order valence-corrected chi connectivity index (χ3v) is 2.62. The van der Waals surface area contributed by atoms with Gasteiger partial charge in [0.1, 0.15) is 5.58 Å². The molecule has 6 nitrogen and oxygen atoms in total. The van der Waals surface area contributed by atoms with Crippen LogP contribution in [0, 0.1) is 6.92 Å². The number of carbonyl (C=O) groups is 1. The molecule has 96 valence electrons. The van der Waals surface area contributed by atoms with E-state index < -0.39 is 0 Å². The molecule has 0 aliphatic rings. The van der Waals surface area contributed by atoms with Crippen LogP contribution in [-0.4, -0.2) is 16.0 Å². The zero-order valence-electron chi connectivity index (χ0n) is 10.2. The molecule has 0 fully saturated rings. The Morgan fingerprint density at radius 2 is 2.21 bits per heavy atom. The number of benzene rings is 1. The number of rotatable bonds is 3. The molecule has 0 atom stereocenters. The van der Waals surface area contributed by atoms with Crippen LogP contribution in [0.4, 0.5) is 0 Å². The molecule has 1 aromatic carbocycles. The number of amides is 1. The highest BCUT2D eigenvalue weighted by Gasteiger charge is 2.13. The first-order chi connectivity index (χ1) is 9.22. The van der Waals surface area contributed by atoms with E-state index in [0.717, 1.165) is 5.39 Å². The Bertz CT molecular complexity index is 696. The maximum atomic E-state index is 11.9. The molecule has 3 aromatic rings. The largest absolute Gasteiger partial charge is 0.451 e. The second kappa shape index (κ2) is 4.56. The van der Waals surface area contributed by atoms with Gasteiger partial charge in [0, 0.05) is 5.39 Å². The number of nitrogens with one attached hydrogen (secondary N) is 1. The Balaban J connectivity index is 1.73. The summed E-state index contributed by atoms with van der Waals surface area (Å²) in [5, 5.41) is 7.19. The highest BCUT2D eigenvalue weighted by atomic mass is 16.5. The molecule has 0 saturated carbocycles. The lowest BCUT2D eigenvalue weighted by Gasteiger charge is -1.97. The summed E-state index contributed by atoms with van der Waals surface area (Å²) in [6.45, 7) is 1.89. The summed E-state index contributed by atoms with van der Waals surface area (Å²) in [5.74, 6) is 0.847. The average Bonchev–Trinajstić information content (AvgIpc) is 3.01. The third kappa shape index (κ3) is 2.33. The van der Waals surface area contributed by atoms with E-state index in [9.17, 15) is 4.79 Å². The van der Waals surface area contributed by atoms with E-state index in [0.29, 0.717) is 17.3 Å². The van der Waals surface area contributed by atoms with Crippen molar-refractivity contribution in [2.45, 2.75) is 13.5 Å². The highest BCUT2D eigenvalue weighted by Crippen LogP contribution is 2.18. The van der Waals surface area contributed by atoms with Gasteiger partial charge in [0.25, 0.3) is 5.91 Å². The lowest BCUT2D eigenvalue weighted by Crippen LogP contribution is -2.22. The van der Waals surface area contributed by atoms with Gasteiger partial charge in [-0.1, -0.05) is 23.4 Å². The standard InChI is InChI=1S/C13H11N3O3/c1-8-15-12(19-16-8)7-14-13(17)11-6-9-4-2-3-5-10(9)18-11/h2-6H,7H2,1H3,(H,14,17). The molecule has 0 unspecified atom stereocenters. The van der Waals surface area contributed by atoms with Gasteiger partial charge < -0.3 is 14.3 Å². The van der Waals surface area contributed by atoms with Crippen LogP contribution in [0.3, 0.4) is 0 Å². The summed E-state index contributed by atoms with van der Waals surface area (Å²) >= 11 is 0. The van der Waals surface area contributed by atoms with Crippen molar-refractivity contribution in [2.75, 3.05) is 0 Å². The van der Waals surface area contributed by atoms with E-state index in [1.165, 1.54) is 0 Å². The molecular formula is C13H11N3O3. The summed E-state index contributed by atoms with van der Waals surface area (Å²) in [6.07, 6.45) is 0. The van der Waals surface area contributed by atoms with Crippen LogP contribution < -0.4 is 5.32 Å². The smallest absolute Gasteiger partial charge is 0.287 e. The molecule has 0 radical (unpaired) electrons. The Labute approximate surface area is 108 Å². The Hall–Kier alpha value is -2.63. The number of furan rings is 1. The van der Waals surface area contributed by atoms with Gasteiger partial charge in [-0.15, -0.1) is 0 Å². The van der Waals surface area contributed by atoms with Crippen molar-refractivity contribution in [1.29, 1.82) is 0 Å². The van der Waals surface area contributed by atoms with Crippen molar-refractivity contribution in [3.63, 3.8) is 0 Å². The molecule has 0 aliphatic heterocycles. The molecule has 1 N–H and O–H groups in total. The average molecular weight is 257 g/mol. The molecule has 19 heavy (non-hydrogen) atoms. The van der Waals surface area contributed by atoms with Crippen molar-refractivity contribution >= 4 is 16.9 Å². The number of carbonyl (C=O) groups excluding carboxylic acids is 1. The quantitative estimate of drug-likeness (QED) is 0.776. The van der Waals surface area contributed by atoms with Gasteiger partial charge in [-0.3, -0.25) is 4.79 Å². The predicted octanol–water partition coefficient (Wildman–Crippen LogP) is 2.05. The van der Waals surface area contributed by atoms with Gasteiger partial charge in [0.05, 0.1) is 6.54 Å². The summed E-state index contributed by atoms with van der Waals surface area (Å²) in [4.78, 5) is 15.9. The van der Waals surface area contributed by atoms with Gasteiger partial charge in [-0.25, -0.2) is 0 Å². The zero-order chi connectivity index (χ0) is 13.2. The van der Waals surface area contributed by atoms with Gasteiger partial charge in [0.2, 0.25) is 5.89 Å².